The van der Waals surface area contributed by atoms with Crippen LogP contribution in [0.1, 0.15) is 24.8 Å². The highest BCUT2D eigenvalue weighted by atomic mass is 16.7. The van der Waals surface area contributed by atoms with E-state index in [1.165, 1.54) is 25.1 Å². The summed E-state index contributed by atoms with van der Waals surface area (Å²) in [5.74, 6) is -6.89. The number of hydrogen-bond donors (Lipinski definition) is 3. The number of rotatable bonds is 3. The van der Waals surface area contributed by atoms with Crippen molar-refractivity contribution in [3.8, 4) is 11.5 Å². The minimum Gasteiger partial charge on any atom is -0.481 e. The molecule has 4 atom stereocenters. The van der Waals surface area contributed by atoms with Gasteiger partial charge in [-0.15, -0.1) is 0 Å². The van der Waals surface area contributed by atoms with Crippen molar-refractivity contribution < 1.29 is 39.2 Å². The molecule has 0 amide bonds. The molecule has 4 unspecified atom stereocenters. The van der Waals surface area contributed by atoms with Crippen LogP contribution in [-0.2, 0) is 14.4 Å². The molecule has 8 nitrogen and oxygen atoms in total. The van der Waals surface area contributed by atoms with Crippen molar-refractivity contribution in [3.05, 3.63) is 23.8 Å². The summed E-state index contributed by atoms with van der Waals surface area (Å²) in [5.41, 5.74) is -1.55. The Labute approximate surface area is 136 Å². The van der Waals surface area contributed by atoms with E-state index in [0.29, 0.717) is 17.1 Å². The van der Waals surface area contributed by atoms with E-state index in [2.05, 4.69) is 0 Å². The molecule has 0 aromatic heterocycles. The lowest BCUT2D eigenvalue weighted by atomic mass is 9.62. The lowest BCUT2D eigenvalue weighted by Crippen LogP contribution is -2.54. The Morgan fingerprint density at radius 3 is 2.46 bits per heavy atom. The van der Waals surface area contributed by atoms with Crippen molar-refractivity contribution in [2.45, 2.75) is 24.9 Å². The van der Waals surface area contributed by atoms with Crippen LogP contribution in [0.15, 0.2) is 18.2 Å². The second kappa shape index (κ2) is 5.48. The Morgan fingerprint density at radius 2 is 1.83 bits per heavy atom. The third kappa shape index (κ3) is 2.48. The first-order chi connectivity index (χ1) is 11.2. The zero-order chi connectivity index (χ0) is 17.6. The molecule has 2 aliphatic rings. The predicted octanol–water partition coefficient (Wildman–Crippen LogP) is 0.624. The summed E-state index contributed by atoms with van der Waals surface area (Å²) >= 11 is 0. The van der Waals surface area contributed by atoms with E-state index in [1.54, 1.807) is 0 Å². The quantitative estimate of drug-likeness (QED) is 0.685. The van der Waals surface area contributed by atoms with Gasteiger partial charge < -0.3 is 24.8 Å². The maximum Gasteiger partial charge on any atom is 0.314 e. The largest absolute Gasteiger partial charge is 0.481 e. The maximum absolute atomic E-state index is 12.2. The number of carboxylic acid groups (broad SMARTS) is 2. The van der Waals surface area contributed by atoms with Crippen molar-refractivity contribution in [1.82, 2.24) is 0 Å². The number of benzene rings is 1. The number of fused-ring (bicyclic) bond motifs is 1. The molecule has 1 aromatic carbocycles. The van der Waals surface area contributed by atoms with Crippen molar-refractivity contribution in [2.24, 2.45) is 11.8 Å². The molecule has 128 valence electrons. The number of carboxylic acids is 2. The van der Waals surface area contributed by atoms with Gasteiger partial charge in [-0.3, -0.25) is 14.4 Å². The molecule has 1 fully saturated rings. The van der Waals surface area contributed by atoms with Gasteiger partial charge in [0.2, 0.25) is 6.79 Å². The minimum absolute atomic E-state index is 0.00478. The monoisotopic (exact) mass is 336 g/mol. The summed E-state index contributed by atoms with van der Waals surface area (Å²) < 4.78 is 10.4. The summed E-state index contributed by atoms with van der Waals surface area (Å²) in [6, 6.07) is 4.50. The fourth-order valence-electron chi connectivity index (χ4n) is 3.57. The van der Waals surface area contributed by atoms with Crippen LogP contribution >= 0.6 is 0 Å². The summed E-state index contributed by atoms with van der Waals surface area (Å²) in [5, 5.41) is 29.5. The lowest BCUT2D eigenvalue weighted by Gasteiger charge is -2.42. The van der Waals surface area contributed by atoms with Gasteiger partial charge in [-0.25, -0.2) is 0 Å². The zero-order valence-electron chi connectivity index (χ0n) is 12.8. The Kier molecular flexibility index (Phi) is 3.71. The van der Waals surface area contributed by atoms with E-state index < -0.39 is 47.5 Å². The normalized spacial score (nSPS) is 31.8. The fraction of sp³-hybridized carbons (Fsp3) is 0.438. The van der Waals surface area contributed by atoms with Crippen LogP contribution in [0.3, 0.4) is 0 Å². The predicted molar refractivity (Wildman–Crippen MR) is 77.8 cm³/mol. The molecule has 0 saturated heterocycles. The molecule has 24 heavy (non-hydrogen) atoms. The van der Waals surface area contributed by atoms with Gasteiger partial charge in [0.05, 0.1) is 11.5 Å². The molecule has 1 saturated carbocycles. The SMILES string of the molecule is CC1(O)CC(=O)C(C(=O)O)C(c2ccc3c(c2)OCO3)C1C(=O)O. The van der Waals surface area contributed by atoms with E-state index in [4.69, 9.17) is 9.47 Å². The fourth-order valence-corrected chi connectivity index (χ4v) is 3.57. The highest BCUT2D eigenvalue weighted by Crippen LogP contribution is 2.47. The molecule has 0 bridgehead atoms. The smallest absolute Gasteiger partial charge is 0.314 e. The van der Waals surface area contributed by atoms with Gasteiger partial charge in [0, 0.05) is 12.3 Å². The van der Waals surface area contributed by atoms with Gasteiger partial charge in [0.25, 0.3) is 0 Å². The highest BCUT2D eigenvalue weighted by Gasteiger charge is 2.56. The molecular formula is C16H16O8. The summed E-state index contributed by atoms with van der Waals surface area (Å²) in [6.07, 6.45) is -0.526. The number of carbonyl (C=O) groups excluding carboxylic acids is 1. The molecule has 3 rings (SSSR count). The van der Waals surface area contributed by atoms with Gasteiger partial charge in [-0.2, -0.15) is 0 Å². The van der Waals surface area contributed by atoms with Crippen molar-refractivity contribution >= 4 is 17.7 Å². The summed E-state index contributed by atoms with van der Waals surface area (Å²) in [4.78, 5) is 35.6. The van der Waals surface area contributed by atoms with Gasteiger partial charge in [-0.05, 0) is 24.6 Å². The summed E-state index contributed by atoms with van der Waals surface area (Å²) in [7, 11) is 0. The van der Waals surface area contributed by atoms with Gasteiger partial charge >= 0.3 is 11.9 Å². The average Bonchev–Trinajstić information content (AvgIpc) is 2.91. The van der Waals surface area contributed by atoms with Gasteiger partial charge in [0.15, 0.2) is 17.3 Å². The molecule has 3 N–H and O–H groups in total. The zero-order valence-corrected chi connectivity index (χ0v) is 12.8. The average molecular weight is 336 g/mol. The van der Waals surface area contributed by atoms with Crippen LogP contribution < -0.4 is 9.47 Å². The number of Topliss-reactive ketones (excluding diaryl/α,β-unsaturated/α-hetero) is 1. The Balaban J connectivity index is 2.14. The van der Waals surface area contributed by atoms with Crippen molar-refractivity contribution in [2.75, 3.05) is 6.79 Å². The Morgan fingerprint density at radius 1 is 1.17 bits per heavy atom. The topological polar surface area (TPSA) is 130 Å². The lowest BCUT2D eigenvalue weighted by molar-refractivity contribution is -0.167. The number of ether oxygens (including phenoxy) is 2. The van der Waals surface area contributed by atoms with Crippen LogP contribution in [0, 0.1) is 11.8 Å². The molecule has 8 heteroatoms. The molecule has 1 aliphatic heterocycles. The number of aliphatic hydroxyl groups is 1. The first-order valence-electron chi connectivity index (χ1n) is 7.32. The number of hydrogen-bond acceptors (Lipinski definition) is 6. The van der Waals surface area contributed by atoms with Crippen LogP contribution in [0.2, 0.25) is 0 Å². The molecular weight excluding hydrogens is 320 g/mol. The van der Waals surface area contributed by atoms with E-state index in [1.807, 2.05) is 0 Å². The van der Waals surface area contributed by atoms with Crippen molar-refractivity contribution in [3.63, 3.8) is 0 Å². The molecule has 0 spiro atoms. The van der Waals surface area contributed by atoms with E-state index >= 15 is 0 Å². The second-order valence-corrected chi connectivity index (χ2v) is 6.27. The highest BCUT2D eigenvalue weighted by molar-refractivity contribution is 6.02. The second-order valence-electron chi connectivity index (χ2n) is 6.27. The van der Waals surface area contributed by atoms with E-state index in [9.17, 15) is 29.7 Å². The molecule has 1 heterocycles. The van der Waals surface area contributed by atoms with E-state index in [0.717, 1.165) is 0 Å². The Bertz CT molecular complexity index is 723. The molecule has 1 aliphatic carbocycles. The van der Waals surface area contributed by atoms with Crippen LogP contribution in [-0.4, -0.2) is 45.4 Å². The Hall–Kier alpha value is -2.61. The minimum atomic E-state index is -1.85. The van der Waals surface area contributed by atoms with Crippen molar-refractivity contribution in [1.29, 1.82) is 0 Å². The number of aliphatic carboxylic acids is 2. The van der Waals surface area contributed by atoms with Crippen LogP contribution in [0.25, 0.3) is 0 Å². The third-order valence-corrected chi connectivity index (χ3v) is 4.58. The number of ketones is 1. The van der Waals surface area contributed by atoms with Gasteiger partial charge in [-0.1, -0.05) is 6.07 Å². The molecule has 0 radical (unpaired) electrons. The molecule has 1 aromatic rings. The van der Waals surface area contributed by atoms with E-state index in [-0.39, 0.29) is 6.79 Å². The maximum atomic E-state index is 12.2. The van der Waals surface area contributed by atoms with Crippen LogP contribution in [0.5, 0.6) is 11.5 Å². The third-order valence-electron chi connectivity index (χ3n) is 4.58. The first-order valence-corrected chi connectivity index (χ1v) is 7.32. The standard InChI is InChI=1S/C16H16O8/c1-16(22)5-8(17)12(14(18)19)11(13(16)15(20)21)7-2-3-9-10(4-7)24-6-23-9/h2-4,11-13,22H,5-6H2,1H3,(H,18,19)(H,20,21). The van der Waals surface area contributed by atoms with Gasteiger partial charge in [0.1, 0.15) is 5.92 Å². The number of carbonyl (C=O) groups is 3. The summed E-state index contributed by atoms with van der Waals surface area (Å²) in [6.45, 7) is 1.24. The van der Waals surface area contributed by atoms with Crippen LogP contribution in [0.4, 0.5) is 0 Å². The first kappa shape index (κ1) is 16.3.